The second kappa shape index (κ2) is 5.68. The van der Waals surface area contributed by atoms with E-state index in [0.717, 1.165) is 25.8 Å². The summed E-state index contributed by atoms with van der Waals surface area (Å²) in [6, 6.07) is 3.98. The first-order chi connectivity index (χ1) is 7.04. The maximum atomic E-state index is 5.66. The molecule has 0 unspecified atom stereocenters. The third kappa shape index (κ3) is 3.63. The average Bonchev–Trinajstić information content (AvgIpc) is 2.14. The van der Waals surface area contributed by atoms with Crippen LogP contribution in [0.3, 0.4) is 0 Å². The van der Waals surface area contributed by atoms with Gasteiger partial charge in [0.05, 0.1) is 0 Å². The molecule has 0 heterocycles. The molecule has 1 rings (SSSR count). The van der Waals surface area contributed by atoms with Gasteiger partial charge in [-0.05, 0) is 24.6 Å². The third-order valence-electron chi connectivity index (χ3n) is 1.91. The summed E-state index contributed by atoms with van der Waals surface area (Å²) in [4.78, 5) is 0. The quantitative estimate of drug-likeness (QED) is 0.914. The number of aryl methyl sites for hydroxylation is 1. The number of ether oxygens (including phenoxy) is 1. The van der Waals surface area contributed by atoms with E-state index < -0.39 is 0 Å². The lowest BCUT2D eigenvalue weighted by molar-refractivity contribution is 0.354. The van der Waals surface area contributed by atoms with Crippen LogP contribution in [-0.2, 0) is 6.54 Å². The van der Waals surface area contributed by atoms with Gasteiger partial charge in [0.25, 0.3) is 0 Å². The lowest BCUT2D eigenvalue weighted by Crippen LogP contribution is -2.05. The summed E-state index contributed by atoms with van der Waals surface area (Å²) >= 11 is 6.69. The Balaban J connectivity index is 2.98. The van der Waals surface area contributed by atoms with E-state index in [1.807, 2.05) is 19.1 Å². The molecule has 15 heavy (non-hydrogen) atoms. The molecule has 0 spiro atoms. The fraction of sp³-hybridized carbons (Fsp3) is 0.273. The number of benzene rings is 1. The van der Waals surface area contributed by atoms with Crippen LogP contribution in [0.1, 0.15) is 11.1 Å². The Morgan fingerprint density at radius 3 is 2.73 bits per heavy atom. The Morgan fingerprint density at radius 1 is 1.53 bits per heavy atom. The fourth-order valence-electron chi connectivity index (χ4n) is 1.31. The van der Waals surface area contributed by atoms with Crippen LogP contribution in [0.2, 0.25) is 0 Å². The lowest BCUT2D eigenvalue weighted by atomic mass is 10.1. The molecule has 0 bridgehead atoms. The highest BCUT2D eigenvalue weighted by atomic mass is 79.9. The highest BCUT2D eigenvalue weighted by molar-refractivity contribution is 9.11. The van der Waals surface area contributed by atoms with Crippen LogP contribution in [-0.4, -0.2) is 6.61 Å². The summed E-state index contributed by atoms with van der Waals surface area (Å²) in [6.45, 7) is 6.64. The molecular formula is C11H13Br2NO. The minimum absolute atomic E-state index is 0.454. The Bertz CT molecular complexity index is 377. The van der Waals surface area contributed by atoms with Crippen molar-refractivity contribution in [2.24, 2.45) is 5.73 Å². The van der Waals surface area contributed by atoms with Gasteiger partial charge < -0.3 is 10.5 Å². The van der Waals surface area contributed by atoms with Crippen LogP contribution in [0, 0.1) is 6.92 Å². The summed E-state index contributed by atoms with van der Waals surface area (Å²) in [5.74, 6) is 0.848. The van der Waals surface area contributed by atoms with Gasteiger partial charge in [0.2, 0.25) is 0 Å². The minimum atomic E-state index is 0.454. The largest absolute Gasteiger partial charge is 0.488 e. The molecule has 2 N–H and O–H groups in total. The maximum absolute atomic E-state index is 5.66. The summed E-state index contributed by atoms with van der Waals surface area (Å²) in [5, 5.41) is 0. The molecule has 0 aliphatic heterocycles. The average molecular weight is 335 g/mol. The molecular weight excluding hydrogens is 322 g/mol. The van der Waals surface area contributed by atoms with Gasteiger partial charge in [0.1, 0.15) is 12.4 Å². The molecule has 0 saturated heterocycles. The van der Waals surface area contributed by atoms with Gasteiger partial charge in [-0.15, -0.1) is 0 Å². The minimum Gasteiger partial charge on any atom is -0.488 e. The van der Waals surface area contributed by atoms with Gasteiger partial charge in [-0.3, -0.25) is 0 Å². The zero-order chi connectivity index (χ0) is 11.4. The van der Waals surface area contributed by atoms with Crippen molar-refractivity contribution in [2.45, 2.75) is 13.5 Å². The summed E-state index contributed by atoms with van der Waals surface area (Å²) < 4.78 is 7.46. The number of nitrogens with two attached hydrogens (primary N) is 1. The van der Waals surface area contributed by atoms with Crippen molar-refractivity contribution in [1.82, 2.24) is 0 Å². The molecule has 0 saturated carbocycles. The van der Waals surface area contributed by atoms with Crippen molar-refractivity contribution < 1.29 is 4.74 Å². The van der Waals surface area contributed by atoms with Crippen molar-refractivity contribution in [3.05, 3.63) is 38.8 Å². The van der Waals surface area contributed by atoms with Crippen LogP contribution >= 0.6 is 31.9 Å². The molecule has 1 aromatic rings. The normalized spacial score (nSPS) is 10.1. The van der Waals surface area contributed by atoms with Crippen molar-refractivity contribution in [3.63, 3.8) is 0 Å². The Morgan fingerprint density at radius 2 is 2.20 bits per heavy atom. The first kappa shape index (κ1) is 12.7. The van der Waals surface area contributed by atoms with E-state index >= 15 is 0 Å². The zero-order valence-corrected chi connectivity index (χ0v) is 11.7. The van der Waals surface area contributed by atoms with E-state index in [2.05, 4.69) is 38.4 Å². The van der Waals surface area contributed by atoms with Crippen molar-refractivity contribution in [2.75, 3.05) is 6.61 Å². The summed E-state index contributed by atoms with van der Waals surface area (Å²) in [7, 11) is 0. The maximum Gasteiger partial charge on any atom is 0.127 e. The Kier molecular flexibility index (Phi) is 4.83. The molecule has 0 aromatic heterocycles. The highest BCUT2D eigenvalue weighted by Gasteiger charge is 2.07. The molecule has 4 heteroatoms. The first-order valence-corrected chi connectivity index (χ1v) is 6.08. The van der Waals surface area contributed by atoms with Gasteiger partial charge in [-0.2, -0.15) is 0 Å². The Labute approximate surface area is 107 Å². The van der Waals surface area contributed by atoms with Gasteiger partial charge in [0, 0.05) is 21.1 Å². The third-order valence-corrected chi connectivity index (χ3v) is 2.60. The van der Waals surface area contributed by atoms with Gasteiger partial charge in [-0.1, -0.05) is 38.4 Å². The van der Waals surface area contributed by atoms with Crippen LogP contribution in [0.4, 0.5) is 0 Å². The van der Waals surface area contributed by atoms with Crippen LogP contribution in [0.5, 0.6) is 5.75 Å². The lowest BCUT2D eigenvalue weighted by Gasteiger charge is -2.13. The SMILES string of the molecule is C=C(Br)COc1c(C)cc(Br)cc1CN. The molecule has 0 aliphatic carbocycles. The summed E-state index contributed by atoms with van der Waals surface area (Å²) in [5.41, 5.74) is 7.72. The summed E-state index contributed by atoms with van der Waals surface area (Å²) in [6.07, 6.45) is 0. The molecule has 0 aliphatic rings. The number of hydrogen-bond donors (Lipinski definition) is 1. The van der Waals surface area contributed by atoms with Crippen molar-refractivity contribution >= 4 is 31.9 Å². The van der Waals surface area contributed by atoms with Crippen molar-refractivity contribution in [3.8, 4) is 5.75 Å². The van der Waals surface area contributed by atoms with Gasteiger partial charge >= 0.3 is 0 Å². The molecule has 2 nitrogen and oxygen atoms in total. The topological polar surface area (TPSA) is 35.2 Å². The van der Waals surface area contributed by atoms with Crippen LogP contribution in [0.25, 0.3) is 0 Å². The van der Waals surface area contributed by atoms with E-state index in [1.165, 1.54) is 0 Å². The zero-order valence-electron chi connectivity index (χ0n) is 8.52. The van der Waals surface area contributed by atoms with Crippen LogP contribution in [0.15, 0.2) is 27.7 Å². The molecule has 0 radical (unpaired) electrons. The predicted molar refractivity (Wildman–Crippen MR) is 70.3 cm³/mol. The smallest absolute Gasteiger partial charge is 0.127 e. The predicted octanol–water partition coefficient (Wildman–Crippen LogP) is 3.50. The standard InChI is InChI=1S/C11H13Br2NO/c1-7-3-10(13)4-9(5-14)11(7)15-6-8(2)12/h3-4H,2,5-6,14H2,1H3. The number of halogens is 2. The highest BCUT2D eigenvalue weighted by Crippen LogP contribution is 2.28. The Hall–Kier alpha value is -0.320. The monoisotopic (exact) mass is 333 g/mol. The number of rotatable bonds is 4. The second-order valence-electron chi connectivity index (χ2n) is 3.22. The first-order valence-electron chi connectivity index (χ1n) is 4.49. The van der Waals surface area contributed by atoms with E-state index in [4.69, 9.17) is 10.5 Å². The van der Waals surface area contributed by atoms with Gasteiger partial charge in [0.15, 0.2) is 0 Å². The molecule has 82 valence electrons. The fourth-order valence-corrected chi connectivity index (χ4v) is 2.04. The molecule has 0 amide bonds. The van der Waals surface area contributed by atoms with E-state index in [1.54, 1.807) is 0 Å². The number of hydrogen-bond acceptors (Lipinski definition) is 2. The van der Waals surface area contributed by atoms with E-state index in [-0.39, 0.29) is 0 Å². The molecule has 1 aromatic carbocycles. The molecule has 0 atom stereocenters. The van der Waals surface area contributed by atoms with E-state index in [0.29, 0.717) is 13.2 Å². The van der Waals surface area contributed by atoms with Crippen molar-refractivity contribution in [1.29, 1.82) is 0 Å². The van der Waals surface area contributed by atoms with Gasteiger partial charge in [-0.25, -0.2) is 0 Å². The second-order valence-corrected chi connectivity index (χ2v) is 5.26. The molecule has 0 fully saturated rings. The van der Waals surface area contributed by atoms with E-state index in [9.17, 15) is 0 Å². The van der Waals surface area contributed by atoms with Crippen LogP contribution < -0.4 is 10.5 Å².